The van der Waals surface area contributed by atoms with Crippen LogP contribution >= 0.6 is 0 Å². The molecule has 160 valence electrons. The van der Waals surface area contributed by atoms with Crippen molar-refractivity contribution in [3.63, 3.8) is 0 Å². The van der Waals surface area contributed by atoms with E-state index in [1.165, 1.54) is 16.9 Å². The van der Waals surface area contributed by atoms with Gasteiger partial charge in [0, 0.05) is 17.1 Å². The van der Waals surface area contributed by atoms with Crippen LogP contribution in [0.5, 0.6) is 5.75 Å². The summed E-state index contributed by atoms with van der Waals surface area (Å²) in [6.07, 6.45) is -2.53. The minimum atomic E-state index is -4.40. The van der Waals surface area contributed by atoms with Crippen LogP contribution in [-0.2, 0) is 17.5 Å². The number of carbonyl (C=O) groups is 1. The highest BCUT2D eigenvalue weighted by molar-refractivity contribution is 5.82. The van der Waals surface area contributed by atoms with Crippen molar-refractivity contribution in [3.05, 3.63) is 71.7 Å². The molecular formula is C21H17F3N4O3. The fraction of sp³-hybridized carbons (Fsp3) is 0.190. The van der Waals surface area contributed by atoms with Gasteiger partial charge in [-0.1, -0.05) is 0 Å². The zero-order valence-electron chi connectivity index (χ0n) is 16.3. The molecule has 0 aliphatic rings. The van der Waals surface area contributed by atoms with E-state index in [1.807, 2.05) is 22.9 Å². The summed E-state index contributed by atoms with van der Waals surface area (Å²) in [6.45, 7) is 1.77. The molecule has 0 aliphatic carbocycles. The van der Waals surface area contributed by atoms with E-state index in [2.05, 4.69) is 10.2 Å². The van der Waals surface area contributed by atoms with Crippen molar-refractivity contribution in [1.29, 1.82) is 0 Å². The van der Waals surface area contributed by atoms with Crippen molar-refractivity contribution in [2.24, 2.45) is 0 Å². The number of ether oxygens (including phenoxy) is 1. The Hall–Kier alpha value is -3.82. The molecular weight excluding hydrogens is 413 g/mol. The van der Waals surface area contributed by atoms with Gasteiger partial charge in [0.1, 0.15) is 11.4 Å². The fourth-order valence-corrected chi connectivity index (χ4v) is 3.17. The van der Waals surface area contributed by atoms with E-state index < -0.39 is 24.3 Å². The average Bonchev–Trinajstić information content (AvgIpc) is 3.29. The molecule has 0 saturated heterocycles. The van der Waals surface area contributed by atoms with E-state index >= 15 is 0 Å². The highest BCUT2D eigenvalue weighted by atomic mass is 19.4. The summed E-state index contributed by atoms with van der Waals surface area (Å²) in [7, 11) is 0. The number of hydrogen-bond donors (Lipinski definition) is 1. The molecule has 7 nitrogen and oxygen atoms in total. The Morgan fingerprint density at radius 1 is 1.10 bits per heavy atom. The van der Waals surface area contributed by atoms with Gasteiger partial charge < -0.3 is 14.4 Å². The van der Waals surface area contributed by atoms with Crippen LogP contribution in [0.25, 0.3) is 16.6 Å². The molecule has 4 aromatic rings. The van der Waals surface area contributed by atoms with Gasteiger partial charge in [-0.3, -0.25) is 0 Å². The number of hydrogen-bond acceptors (Lipinski definition) is 4. The number of nitrogens with zero attached hydrogens (tertiary/aromatic N) is 4. The normalized spacial score (nSPS) is 11.7. The first-order valence-electron chi connectivity index (χ1n) is 9.24. The molecule has 0 spiro atoms. The van der Waals surface area contributed by atoms with Gasteiger partial charge in [0.2, 0.25) is 0 Å². The summed E-state index contributed by atoms with van der Waals surface area (Å²) in [5.74, 6) is -0.596. The molecule has 0 saturated carbocycles. The molecule has 4 rings (SSSR count). The predicted octanol–water partition coefficient (Wildman–Crippen LogP) is 4.06. The number of fused-ring (bicyclic) bond motifs is 1. The van der Waals surface area contributed by atoms with Crippen LogP contribution in [0.2, 0.25) is 0 Å². The molecule has 0 aliphatic heterocycles. The van der Waals surface area contributed by atoms with Gasteiger partial charge in [0.25, 0.3) is 0 Å². The van der Waals surface area contributed by atoms with E-state index in [1.54, 1.807) is 19.1 Å². The summed E-state index contributed by atoms with van der Waals surface area (Å²) in [5.41, 5.74) is 1.92. The Morgan fingerprint density at radius 3 is 2.52 bits per heavy atom. The van der Waals surface area contributed by atoms with Gasteiger partial charge >= 0.3 is 12.1 Å². The number of carboxylic acid groups (broad SMARTS) is 1. The van der Waals surface area contributed by atoms with Gasteiger partial charge in [-0.15, -0.1) is 0 Å². The average molecular weight is 430 g/mol. The monoisotopic (exact) mass is 430 g/mol. The first kappa shape index (κ1) is 20.5. The lowest BCUT2D eigenvalue weighted by Gasteiger charge is -2.07. The number of rotatable bonds is 6. The number of alkyl halides is 3. The second kappa shape index (κ2) is 7.78. The molecule has 31 heavy (non-hydrogen) atoms. The number of aliphatic carboxylic acids is 1. The summed E-state index contributed by atoms with van der Waals surface area (Å²) < 4.78 is 45.4. The fourth-order valence-electron chi connectivity index (χ4n) is 3.17. The lowest BCUT2D eigenvalue weighted by molar-refractivity contribution is -0.139. The summed E-state index contributed by atoms with van der Waals surface area (Å²) in [4.78, 5) is 12.0. The first-order chi connectivity index (χ1) is 14.7. The SMILES string of the molecule is Cc1nn(-c2ccc(C(F)(F)F)cc2)nc1Cn1ccc2cc(OCC(=O)O)ccc21. The largest absolute Gasteiger partial charge is 0.482 e. The number of halogens is 3. The Bertz CT molecular complexity index is 1240. The van der Waals surface area contributed by atoms with Gasteiger partial charge in [0.05, 0.1) is 23.5 Å². The third-order valence-electron chi connectivity index (χ3n) is 4.73. The highest BCUT2D eigenvalue weighted by Gasteiger charge is 2.30. The van der Waals surface area contributed by atoms with Crippen molar-refractivity contribution in [1.82, 2.24) is 19.6 Å². The number of aromatic nitrogens is 4. The molecule has 0 amide bonds. The summed E-state index contributed by atoms with van der Waals surface area (Å²) in [6, 6.07) is 11.8. The van der Waals surface area contributed by atoms with Crippen LogP contribution in [0.3, 0.4) is 0 Å². The third-order valence-corrected chi connectivity index (χ3v) is 4.73. The van der Waals surface area contributed by atoms with Crippen molar-refractivity contribution in [2.75, 3.05) is 6.61 Å². The Balaban J connectivity index is 1.55. The number of benzene rings is 2. The standard InChI is InChI=1S/C21H17F3N4O3/c1-13-18(26-28(25-13)16-4-2-15(3-5-16)21(22,23)24)11-27-9-8-14-10-17(6-7-19(14)27)31-12-20(29)30/h2-10H,11-12H2,1H3,(H,29,30). The smallest absolute Gasteiger partial charge is 0.416 e. The number of carboxylic acids is 1. The van der Waals surface area contributed by atoms with Crippen molar-refractivity contribution < 1.29 is 27.8 Å². The maximum atomic E-state index is 12.8. The zero-order valence-corrected chi connectivity index (χ0v) is 16.3. The maximum Gasteiger partial charge on any atom is 0.416 e. The molecule has 1 N–H and O–H groups in total. The minimum absolute atomic E-state index is 0.408. The van der Waals surface area contributed by atoms with Crippen LogP contribution in [0, 0.1) is 6.92 Å². The van der Waals surface area contributed by atoms with E-state index in [0.717, 1.165) is 23.0 Å². The van der Waals surface area contributed by atoms with Crippen molar-refractivity contribution >= 4 is 16.9 Å². The molecule has 0 bridgehead atoms. The molecule has 0 fully saturated rings. The second-order valence-corrected chi connectivity index (χ2v) is 6.91. The summed E-state index contributed by atoms with van der Waals surface area (Å²) in [5, 5.41) is 18.3. The van der Waals surface area contributed by atoms with E-state index in [0.29, 0.717) is 29.4 Å². The van der Waals surface area contributed by atoms with Gasteiger partial charge in [-0.25, -0.2) is 4.79 Å². The Labute approximate surface area is 174 Å². The second-order valence-electron chi connectivity index (χ2n) is 6.91. The molecule has 2 heterocycles. The Morgan fingerprint density at radius 2 is 1.84 bits per heavy atom. The molecule has 10 heteroatoms. The summed E-state index contributed by atoms with van der Waals surface area (Å²) >= 11 is 0. The highest BCUT2D eigenvalue weighted by Crippen LogP contribution is 2.29. The predicted molar refractivity (Wildman–Crippen MR) is 105 cm³/mol. The van der Waals surface area contributed by atoms with Crippen LogP contribution < -0.4 is 4.74 Å². The van der Waals surface area contributed by atoms with Crippen molar-refractivity contribution in [3.8, 4) is 11.4 Å². The first-order valence-corrected chi connectivity index (χ1v) is 9.24. The van der Waals surface area contributed by atoms with Crippen LogP contribution in [-0.4, -0.2) is 37.2 Å². The van der Waals surface area contributed by atoms with Crippen molar-refractivity contribution in [2.45, 2.75) is 19.6 Å². The van der Waals surface area contributed by atoms with Gasteiger partial charge in [-0.05, 0) is 55.5 Å². The minimum Gasteiger partial charge on any atom is -0.482 e. The van der Waals surface area contributed by atoms with E-state index in [-0.39, 0.29) is 0 Å². The van der Waals surface area contributed by atoms with E-state index in [9.17, 15) is 18.0 Å². The van der Waals surface area contributed by atoms with Crippen LogP contribution in [0.4, 0.5) is 13.2 Å². The van der Waals surface area contributed by atoms with Crippen LogP contribution in [0.1, 0.15) is 17.0 Å². The van der Waals surface area contributed by atoms with E-state index in [4.69, 9.17) is 9.84 Å². The molecule has 0 radical (unpaired) electrons. The molecule has 2 aromatic heterocycles. The molecule has 0 atom stereocenters. The van der Waals surface area contributed by atoms with Gasteiger partial charge in [0.15, 0.2) is 6.61 Å². The third kappa shape index (κ3) is 4.37. The van der Waals surface area contributed by atoms with Gasteiger partial charge in [-0.2, -0.15) is 28.2 Å². The molecule has 0 unspecified atom stereocenters. The lowest BCUT2D eigenvalue weighted by atomic mass is 10.2. The number of aryl methyl sites for hydroxylation is 1. The molecule has 2 aromatic carbocycles. The van der Waals surface area contributed by atoms with Crippen LogP contribution in [0.15, 0.2) is 54.7 Å². The quantitative estimate of drug-likeness (QED) is 0.499. The zero-order chi connectivity index (χ0) is 22.2. The lowest BCUT2D eigenvalue weighted by Crippen LogP contribution is -2.09. The Kier molecular flexibility index (Phi) is 5.14. The topological polar surface area (TPSA) is 82.2 Å². The maximum absolute atomic E-state index is 12.8.